The average molecular weight is 416 g/mol. The smallest absolute Gasteiger partial charge is 0.414 e. The Morgan fingerprint density at radius 1 is 1.33 bits per heavy atom. The minimum absolute atomic E-state index is 0.119. The van der Waals surface area contributed by atoms with E-state index < -0.39 is 11.6 Å². The van der Waals surface area contributed by atoms with E-state index in [0.717, 1.165) is 0 Å². The van der Waals surface area contributed by atoms with Crippen molar-refractivity contribution in [3.63, 3.8) is 0 Å². The molecule has 3 aromatic rings. The molecule has 0 unspecified atom stereocenters. The van der Waals surface area contributed by atoms with Gasteiger partial charge in [0.2, 0.25) is 11.8 Å². The second-order valence-electron chi connectivity index (χ2n) is 7.31. The Hall–Kier alpha value is -3.47. The monoisotopic (exact) mass is 416 g/mol. The lowest BCUT2D eigenvalue weighted by Gasteiger charge is -2.37. The molecule has 0 radical (unpaired) electrons. The SMILES string of the molecule is Cc1nnn(-c2ccc(F)cc2)c1COc1cc(OC(=O)NC2(C)COC2)n(C)n1. The van der Waals surface area contributed by atoms with Crippen molar-refractivity contribution in [1.82, 2.24) is 30.1 Å². The molecule has 0 saturated carbocycles. The zero-order valence-corrected chi connectivity index (χ0v) is 16.8. The van der Waals surface area contributed by atoms with E-state index in [-0.39, 0.29) is 24.2 Å². The van der Waals surface area contributed by atoms with Crippen LogP contribution in [0.15, 0.2) is 30.3 Å². The summed E-state index contributed by atoms with van der Waals surface area (Å²) in [6.07, 6.45) is -0.593. The van der Waals surface area contributed by atoms with Crippen molar-refractivity contribution in [2.75, 3.05) is 13.2 Å². The van der Waals surface area contributed by atoms with Crippen molar-refractivity contribution in [1.29, 1.82) is 0 Å². The predicted octanol–water partition coefficient (Wildman–Crippen LogP) is 1.90. The molecule has 1 saturated heterocycles. The van der Waals surface area contributed by atoms with E-state index in [1.165, 1.54) is 22.9 Å². The topological polar surface area (TPSA) is 105 Å². The summed E-state index contributed by atoms with van der Waals surface area (Å²) in [5, 5.41) is 15.1. The Morgan fingerprint density at radius 3 is 2.73 bits per heavy atom. The number of rotatable bonds is 6. The number of aryl methyl sites for hydroxylation is 2. The van der Waals surface area contributed by atoms with Crippen LogP contribution in [0.2, 0.25) is 0 Å². The van der Waals surface area contributed by atoms with Gasteiger partial charge in [0.05, 0.1) is 36.2 Å². The maximum atomic E-state index is 13.2. The Morgan fingerprint density at radius 2 is 2.07 bits per heavy atom. The highest BCUT2D eigenvalue weighted by Gasteiger charge is 2.35. The van der Waals surface area contributed by atoms with Crippen LogP contribution in [0.4, 0.5) is 9.18 Å². The summed E-state index contributed by atoms with van der Waals surface area (Å²) in [6, 6.07) is 7.42. The molecule has 4 rings (SSSR count). The number of benzene rings is 1. The van der Waals surface area contributed by atoms with Crippen LogP contribution >= 0.6 is 0 Å². The summed E-state index contributed by atoms with van der Waals surface area (Å²) < 4.78 is 32.3. The number of nitrogens with zero attached hydrogens (tertiary/aromatic N) is 5. The minimum atomic E-state index is -0.593. The molecule has 1 aliphatic rings. The molecular formula is C19H21FN6O4. The zero-order chi connectivity index (χ0) is 21.3. The first-order valence-electron chi connectivity index (χ1n) is 9.25. The highest BCUT2D eigenvalue weighted by Crippen LogP contribution is 2.22. The van der Waals surface area contributed by atoms with Gasteiger partial charge in [-0.15, -0.1) is 10.2 Å². The Labute approximate surface area is 171 Å². The molecule has 1 fully saturated rings. The summed E-state index contributed by atoms with van der Waals surface area (Å²) in [5.41, 5.74) is 1.59. The lowest BCUT2D eigenvalue weighted by Crippen LogP contribution is -2.60. The lowest BCUT2D eigenvalue weighted by molar-refractivity contribution is -0.0598. The van der Waals surface area contributed by atoms with Gasteiger partial charge >= 0.3 is 6.09 Å². The number of carbonyl (C=O) groups excluding carboxylic acids is 1. The van der Waals surface area contributed by atoms with Crippen molar-refractivity contribution in [3.05, 3.63) is 47.5 Å². The number of hydrogen-bond donors (Lipinski definition) is 1. The normalized spacial score (nSPS) is 14.8. The summed E-state index contributed by atoms with van der Waals surface area (Å²) in [4.78, 5) is 12.1. The first kappa shape index (κ1) is 19.8. The molecule has 1 N–H and O–H groups in total. The second kappa shape index (κ2) is 7.75. The highest BCUT2D eigenvalue weighted by molar-refractivity contribution is 5.71. The van der Waals surface area contributed by atoms with Crippen molar-refractivity contribution < 1.29 is 23.4 Å². The fraction of sp³-hybridized carbons (Fsp3) is 0.368. The third-order valence-corrected chi connectivity index (χ3v) is 4.64. The molecule has 2 aromatic heterocycles. The van der Waals surface area contributed by atoms with E-state index in [0.29, 0.717) is 30.3 Å². The third-order valence-electron chi connectivity index (χ3n) is 4.64. The molecule has 11 heteroatoms. The number of amides is 1. The number of nitrogens with one attached hydrogen (secondary N) is 1. The molecule has 1 amide bonds. The van der Waals surface area contributed by atoms with Crippen LogP contribution in [0, 0.1) is 12.7 Å². The molecule has 0 aliphatic carbocycles. The number of carbonyl (C=O) groups is 1. The Balaban J connectivity index is 1.42. The van der Waals surface area contributed by atoms with Gasteiger partial charge in [0, 0.05) is 7.05 Å². The largest absolute Gasteiger partial charge is 0.470 e. The molecule has 158 valence electrons. The van der Waals surface area contributed by atoms with Gasteiger partial charge in [0.1, 0.15) is 18.1 Å². The van der Waals surface area contributed by atoms with Gasteiger partial charge in [0.15, 0.2) is 0 Å². The van der Waals surface area contributed by atoms with Gasteiger partial charge in [-0.3, -0.25) is 0 Å². The zero-order valence-electron chi connectivity index (χ0n) is 16.8. The van der Waals surface area contributed by atoms with Crippen LogP contribution < -0.4 is 14.8 Å². The van der Waals surface area contributed by atoms with E-state index in [1.807, 2.05) is 6.92 Å². The highest BCUT2D eigenvalue weighted by atomic mass is 19.1. The quantitative estimate of drug-likeness (QED) is 0.654. The molecule has 1 aromatic carbocycles. The third kappa shape index (κ3) is 4.10. The van der Waals surface area contributed by atoms with E-state index in [1.54, 1.807) is 30.8 Å². The van der Waals surface area contributed by atoms with Crippen molar-refractivity contribution >= 4 is 6.09 Å². The number of halogens is 1. The van der Waals surface area contributed by atoms with E-state index >= 15 is 0 Å². The van der Waals surface area contributed by atoms with Gasteiger partial charge in [-0.25, -0.2) is 18.5 Å². The Bertz CT molecular complexity index is 1060. The van der Waals surface area contributed by atoms with Gasteiger partial charge in [0.25, 0.3) is 0 Å². The van der Waals surface area contributed by atoms with Gasteiger partial charge in [-0.05, 0) is 38.1 Å². The van der Waals surface area contributed by atoms with Crippen LogP contribution in [0.3, 0.4) is 0 Å². The number of hydrogen-bond acceptors (Lipinski definition) is 7. The molecule has 1 aliphatic heterocycles. The molecule has 0 bridgehead atoms. The second-order valence-corrected chi connectivity index (χ2v) is 7.31. The number of aromatic nitrogens is 5. The van der Waals surface area contributed by atoms with Crippen LogP contribution in [0.1, 0.15) is 18.3 Å². The van der Waals surface area contributed by atoms with Gasteiger partial charge in [-0.1, -0.05) is 5.21 Å². The summed E-state index contributed by atoms with van der Waals surface area (Å²) >= 11 is 0. The summed E-state index contributed by atoms with van der Waals surface area (Å²) in [5.74, 6) is 0.162. The lowest BCUT2D eigenvalue weighted by atomic mass is 10.0. The van der Waals surface area contributed by atoms with Crippen LogP contribution in [0.25, 0.3) is 5.69 Å². The first-order valence-corrected chi connectivity index (χ1v) is 9.25. The van der Waals surface area contributed by atoms with E-state index in [2.05, 4.69) is 20.7 Å². The summed E-state index contributed by atoms with van der Waals surface area (Å²) in [7, 11) is 1.64. The predicted molar refractivity (Wildman–Crippen MR) is 102 cm³/mol. The van der Waals surface area contributed by atoms with Gasteiger partial charge in [-0.2, -0.15) is 0 Å². The average Bonchev–Trinajstić information content (AvgIpc) is 3.21. The summed E-state index contributed by atoms with van der Waals surface area (Å²) in [6.45, 7) is 4.67. The van der Waals surface area contributed by atoms with Crippen molar-refractivity contribution in [3.8, 4) is 17.4 Å². The molecule has 0 spiro atoms. The van der Waals surface area contributed by atoms with Crippen molar-refractivity contribution in [2.45, 2.75) is 26.0 Å². The standard InChI is InChI=1S/C19H21FN6O4/c1-12-15(26(24-22-12)14-6-4-13(20)5-7-14)9-29-16-8-17(25(3)23-16)30-18(27)21-19(2)10-28-11-19/h4-8H,9-11H2,1-3H3,(H,21,27). The van der Waals surface area contributed by atoms with Crippen LogP contribution in [-0.4, -0.2) is 49.6 Å². The van der Waals surface area contributed by atoms with E-state index in [9.17, 15) is 9.18 Å². The molecular weight excluding hydrogens is 395 g/mol. The fourth-order valence-electron chi connectivity index (χ4n) is 2.91. The van der Waals surface area contributed by atoms with Gasteiger partial charge < -0.3 is 19.5 Å². The molecule has 3 heterocycles. The van der Waals surface area contributed by atoms with E-state index in [4.69, 9.17) is 14.2 Å². The minimum Gasteiger partial charge on any atom is -0.470 e. The maximum Gasteiger partial charge on any atom is 0.414 e. The Kier molecular flexibility index (Phi) is 5.12. The first-order chi connectivity index (χ1) is 14.3. The molecule has 10 nitrogen and oxygen atoms in total. The van der Waals surface area contributed by atoms with Crippen molar-refractivity contribution in [2.24, 2.45) is 7.05 Å². The van der Waals surface area contributed by atoms with Crippen LogP contribution in [-0.2, 0) is 18.4 Å². The molecule has 30 heavy (non-hydrogen) atoms. The molecule has 0 atom stereocenters. The fourth-order valence-corrected chi connectivity index (χ4v) is 2.91. The number of ether oxygens (including phenoxy) is 3. The maximum absolute atomic E-state index is 13.2. The van der Waals surface area contributed by atoms with Crippen LogP contribution in [0.5, 0.6) is 11.8 Å².